The average molecular weight is 154 g/mol. The van der Waals surface area contributed by atoms with E-state index in [4.69, 9.17) is 4.42 Å². The number of oxazole rings is 1. The van der Waals surface area contributed by atoms with E-state index in [1.807, 2.05) is 6.92 Å². The fraction of sp³-hybridized carbons (Fsp3) is 0.429. The van der Waals surface area contributed by atoms with E-state index in [-0.39, 0.29) is 5.91 Å². The lowest BCUT2D eigenvalue weighted by molar-refractivity contribution is -0.119. The van der Waals surface area contributed by atoms with Crippen LogP contribution in [0.25, 0.3) is 0 Å². The van der Waals surface area contributed by atoms with Crippen molar-refractivity contribution in [1.29, 1.82) is 0 Å². The van der Waals surface area contributed by atoms with Crippen LogP contribution >= 0.6 is 0 Å². The molecule has 4 nitrogen and oxygen atoms in total. The van der Waals surface area contributed by atoms with E-state index >= 15 is 0 Å². The van der Waals surface area contributed by atoms with Crippen molar-refractivity contribution in [2.75, 3.05) is 0 Å². The summed E-state index contributed by atoms with van der Waals surface area (Å²) in [6.07, 6.45) is 1.37. The summed E-state index contributed by atoms with van der Waals surface area (Å²) in [6, 6.07) is 0. The van der Waals surface area contributed by atoms with Gasteiger partial charge in [-0.3, -0.25) is 4.79 Å². The van der Waals surface area contributed by atoms with Crippen molar-refractivity contribution in [2.24, 2.45) is 0 Å². The maximum absolute atomic E-state index is 10.5. The molecule has 60 valence electrons. The second-order valence-electron chi connectivity index (χ2n) is 2.27. The topological polar surface area (TPSA) is 55.1 Å². The van der Waals surface area contributed by atoms with Gasteiger partial charge in [0.25, 0.3) is 0 Å². The van der Waals surface area contributed by atoms with Crippen LogP contribution in [0.5, 0.6) is 0 Å². The third kappa shape index (κ3) is 2.07. The fourth-order valence-electron chi connectivity index (χ4n) is 0.701. The Hall–Kier alpha value is -1.32. The molecule has 1 N–H and O–H groups in total. The largest absolute Gasteiger partial charge is 0.446 e. The van der Waals surface area contributed by atoms with Crippen molar-refractivity contribution in [1.82, 2.24) is 10.3 Å². The minimum atomic E-state index is -0.0687. The number of carbonyl (C=O) groups excluding carboxylic acids is 1. The minimum absolute atomic E-state index is 0.0687. The highest BCUT2D eigenvalue weighted by molar-refractivity contribution is 5.72. The monoisotopic (exact) mass is 154 g/mol. The molecule has 0 aliphatic carbocycles. The Bertz CT molecular complexity index is 255. The molecule has 0 aliphatic rings. The van der Waals surface area contributed by atoms with Crippen LogP contribution < -0.4 is 5.32 Å². The Labute approximate surface area is 64.6 Å². The van der Waals surface area contributed by atoms with E-state index in [1.165, 1.54) is 13.3 Å². The lowest BCUT2D eigenvalue weighted by Gasteiger charge is -1.97. The number of amides is 1. The smallest absolute Gasteiger partial charge is 0.217 e. The SMILES string of the molecule is CC(=O)NCc1ocnc1C. The van der Waals surface area contributed by atoms with Crippen molar-refractivity contribution in [2.45, 2.75) is 20.4 Å². The first-order valence-electron chi connectivity index (χ1n) is 3.33. The number of hydrogen-bond acceptors (Lipinski definition) is 3. The maximum atomic E-state index is 10.5. The molecule has 0 atom stereocenters. The van der Waals surface area contributed by atoms with Gasteiger partial charge in [-0.15, -0.1) is 0 Å². The molecule has 0 aliphatic heterocycles. The Morgan fingerprint density at radius 1 is 1.82 bits per heavy atom. The quantitative estimate of drug-likeness (QED) is 0.679. The molecular weight excluding hydrogens is 144 g/mol. The van der Waals surface area contributed by atoms with Gasteiger partial charge < -0.3 is 9.73 Å². The van der Waals surface area contributed by atoms with Gasteiger partial charge in [0.15, 0.2) is 6.39 Å². The van der Waals surface area contributed by atoms with Crippen LogP contribution in [0, 0.1) is 6.92 Å². The van der Waals surface area contributed by atoms with Crippen LogP contribution in [0.1, 0.15) is 18.4 Å². The van der Waals surface area contributed by atoms with E-state index in [9.17, 15) is 4.79 Å². The van der Waals surface area contributed by atoms with Crippen LogP contribution in [0.2, 0.25) is 0 Å². The molecule has 11 heavy (non-hydrogen) atoms. The van der Waals surface area contributed by atoms with Crippen LogP contribution in [-0.4, -0.2) is 10.9 Å². The lowest BCUT2D eigenvalue weighted by Crippen LogP contribution is -2.18. The summed E-state index contributed by atoms with van der Waals surface area (Å²) in [5.41, 5.74) is 0.818. The van der Waals surface area contributed by atoms with Crippen molar-refractivity contribution < 1.29 is 9.21 Å². The predicted molar refractivity (Wildman–Crippen MR) is 38.8 cm³/mol. The fourth-order valence-corrected chi connectivity index (χ4v) is 0.701. The van der Waals surface area contributed by atoms with Gasteiger partial charge in [-0.05, 0) is 6.92 Å². The standard InChI is InChI=1S/C7H10N2O2/c1-5-7(11-4-9-5)3-8-6(2)10/h4H,3H2,1-2H3,(H,8,10). The van der Waals surface area contributed by atoms with Crippen LogP contribution in [0.3, 0.4) is 0 Å². The highest BCUT2D eigenvalue weighted by Gasteiger charge is 2.02. The van der Waals surface area contributed by atoms with E-state index in [2.05, 4.69) is 10.3 Å². The number of aromatic nitrogens is 1. The lowest BCUT2D eigenvalue weighted by atomic mass is 10.4. The van der Waals surface area contributed by atoms with Crippen molar-refractivity contribution >= 4 is 5.91 Å². The molecule has 1 amide bonds. The molecule has 0 unspecified atom stereocenters. The van der Waals surface area contributed by atoms with Crippen molar-refractivity contribution in [3.63, 3.8) is 0 Å². The summed E-state index contributed by atoms with van der Waals surface area (Å²) in [6.45, 7) is 3.72. The summed E-state index contributed by atoms with van der Waals surface area (Å²) < 4.78 is 4.99. The molecular formula is C7H10N2O2. The highest BCUT2D eigenvalue weighted by Crippen LogP contribution is 2.03. The number of rotatable bonds is 2. The van der Waals surface area contributed by atoms with Gasteiger partial charge in [-0.2, -0.15) is 0 Å². The zero-order chi connectivity index (χ0) is 8.27. The third-order valence-electron chi connectivity index (χ3n) is 1.34. The van der Waals surface area contributed by atoms with Gasteiger partial charge in [-0.25, -0.2) is 4.98 Å². The number of hydrogen-bond donors (Lipinski definition) is 1. The van der Waals surface area contributed by atoms with Gasteiger partial charge in [0.1, 0.15) is 5.76 Å². The molecule has 0 radical (unpaired) electrons. The van der Waals surface area contributed by atoms with Gasteiger partial charge in [0.05, 0.1) is 12.2 Å². The molecule has 1 aromatic heterocycles. The third-order valence-corrected chi connectivity index (χ3v) is 1.34. The Balaban J connectivity index is 2.51. The normalized spacial score (nSPS) is 9.64. The number of aryl methyl sites for hydroxylation is 1. The Kier molecular flexibility index (Phi) is 2.25. The van der Waals surface area contributed by atoms with Gasteiger partial charge in [0, 0.05) is 6.92 Å². The van der Waals surface area contributed by atoms with Crippen molar-refractivity contribution in [3.05, 3.63) is 17.8 Å². The van der Waals surface area contributed by atoms with Crippen LogP contribution in [-0.2, 0) is 11.3 Å². The predicted octanol–water partition coefficient (Wildman–Crippen LogP) is 0.619. The molecule has 1 heterocycles. The number of nitrogens with one attached hydrogen (secondary N) is 1. The van der Waals surface area contributed by atoms with E-state index in [1.54, 1.807) is 0 Å². The summed E-state index contributed by atoms with van der Waals surface area (Å²) in [5, 5.41) is 2.62. The van der Waals surface area contributed by atoms with E-state index in [0.717, 1.165) is 5.69 Å². The molecule has 0 bridgehead atoms. The first kappa shape index (κ1) is 7.78. The van der Waals surface area contributed by atoms with Crippen molar-refractivity contribution in [3.8, 4) is 0 Å². The van der Waals surface area contributed by atoms with Gasteiger partial charge >= 0.3 is 0 Å². The highest BCUT2D eigenvalue weighted by atomic mass is 16.3. The van der Waals surface area contributed by atoms with Gasteiger partial charge in [-0.1, -0.05) is 0 Å². The van der Waals surface area contributed by atoms with Crippen LogP contribution in [0.4, 0.5) is 0 Å². The first-order chi connectivity index (χ1) is 5.20. The molecule has 4 heteroatoms. The maximum Gasteiger partial charge on any atom is 0.217 e. The van der Waals surface area contributed by atoms with Gasteiger partial charge in [0.2, 0.25) is 5.91 Å². The second kappa shape index (κ2) is 3.18. The molecule has 1 aromatic rings. The molecule has 0 saturated heterocycles. The summed E-state index contributed by atoms with van der Waals surface area (Å²) in [7, 11) is 0. The Morgan fingerprint density at radius 2 is 2.55 bits per heavy atom. The zero-order valence-electron chi connectivity index (χ0n) is 6.55. The zero-order valence-corrected chi connectivity index (χ0v) is 6.55. The molecule has 0 aromatic carbocycles. The van der Waals surface area contributed by atoms with Crippen LogP contribution in [0.15, 0.2) is 10.8 Å². The molecule has 1 rings (SSSR count). The molecule has 0 saturated carbocycles. The second-order valence-corrected chi connectivity index (χ2v) is 2.27. The molecule has 0 spiro atoms. The average Bonchev–Trinajstić information content (AvgIpc) is 2.31. The Morgan fingerprint density at radius 3 is 3.00 bits per heavy atom. The van der Waals surface area contributed by atoms with E-state index in [0.29, 0.717) is 12.3 Å². The van der Waals surface area contributed by atoms with E-state index < -0.39 is 0 Å². The molecule has 0 fully saturated rings. The summed E-state index contributed by atoms with van der Waals surface area (Å²) in [4.78, 5) is 14.4. The number of nitrogens with zero attached hydrogens (tertiary/aromatic N) is 1. The first-order valence-corrected chi connectivity index (χ1v) is 3.33. The minimum Gasteiger partial charge on any atom is -0.446 e. The summed E-state index contributed by atoms with van der Waals surface area (Å²) >= 11 is 0. The summed E-state index contributed by atoms with van der Waals surface area (Å²) in [5.74, 6) is 0.640. The number of carbonyl (C=O) groups is 1.